The molecular weight excluding hydrogens is 356 g/mol. The van der Waals surface area contributed by atoms with Crippen LogP contribution in [0.25, 0.3) is 0 Å². The molecule has 2 aliphatic rings. The number of fused-ring (bicyclic) bond motifs is 1. The summed E-state index contributed by atoms with van der Waals surface area (Å²) in [5.74, 6) is -0.0315. The second-order valence-electron chi connectivity index (χ2n) is 6.73. The molecule has 2 atom stereocenters. The molecule has 1 aliphatic heterocycles. The molecule has 1 saturated carbocycles. The van der Waals surface area contributed by atoms with Gasteiger partial charge in [-0.25, -0.2) is 0 Å². The zero-order valence-electron chi connectivity index (χ0n) is 14.6. The van der Waals surface area contributed by atoms with Crippen LogP contribution >= 0.6 is 11.6 Å². The van der Waals surface area contributed by atoms with Crippen molar-refractivity contribution in [3.8, 4) is 5.75 Å². The number of carbonyl (C=O) groups excluding carboxylic acids is 3. The van der Waals surface area contributed by atoms with Gasteiger partial charge in [0.2, 0.25) is 17.7 Å². The number of halogens is 1. The first-order valence-electron chi connectivity index (χ1n) is 9.06. The van der Waals surface area contributed by atoms with E-state index in [-0.39, 0.29) is 42.5 Å². The van der Waals surface area contributed by atoms with Crippen molar-refractivity contribution in [2.75, 3.05) is 19.7 Å². The van der Waals surface area contributed by atoms with E-state index in [0.29, 0.717) is 23.9 Å². The van der Waals surface area contributed by atoms with Crippen molar-refractivity contribution in [1.82, 2.24) is 10.2 Å². The molecule has 1 aromatic rings. The number of hydrogen-bond donors (Lipinski definition) is 1. The minimum atomic E-state index is -0.194. The van der Waals surface area contributed by atoms with Crippen molar-refractivity contribution in [2.24, 2.45) is 11.8 Å². The monoisotopic (exact) mass is 378 g/mol. The van der Waals surface area contributed by atoms with Crippen molar-refractivity contribution in [3.05, 3.63) is 29.3 Å². The molecule has 26 heavy (non-hydrogen) atoms. The number of nitrogens with one attached hydrogen (secondary N) is 1. The summed E-state index contributed by atoms with van der Waals surface area (Å²) in [5.41, 5.74) is 0. The van der Waals surface area contributed by atoms with Crippen LogP contribution in [-0.4, -0.2) is 42.3 Å². The second kappa shape index (κ2) is 8.54. The van der Waals surface area contributed by atoms with Crippen molar-refractivity contribution in [3.63, 3.8) is 0 Å². The van der Waals surface area contributed by atoms with Crippen molar-refractivity contribution in [2.45, 2.75) is 32.1 Å². The number of nitrogens with zero attached hydrogens (tertiary/aromatic N) is 1. The Bertz CT molecular complexity index is 653. The predicted molar refractivity (Wildman–Crippen MR) is 96.7 cm³/mol. The van der Waals surface area contributed by atoms with E-state index in [1.165, 1.54) is 4.90 Å². The standard InChI is InChI=1S/C19H23ClN2O4/c20-13-5-7-14(8-6-13)26-12-10-21-17(23)9-11-22-18(24)15-3-1-2-4-16(15)19(22)25/h5-8,15-16H,1-4,9-12H2,(H,21,23)/t15-,16-/m0/s1. The van der Waals surface area contributed by atoms with Gasteiger partial charge >= 0.3 is 0 Å². The van der Waals surface area contributed by atoms with Crippen molar-refractivity contribution in [1.29, 1.82) is 0 Å². The summed E-state index contributed by atoms with van der Waals surface area (Å²) in [6.07, 6.45) is 3.71. The van der Waals surface area contributed by atoms with Gasteiger partial charge in [-0.05, 0) is 37.1 Å². The maximum Gasteiger partial charge on any atom is 0.233 e. The summed E-state index contributed by atoms with van der Waals surface area (Å²) in [7, 11) is 0. The summed E-state index contributed by atoms with van der Waals surface area (Å²) in [5, 5.41) is 3.38. The molecule has 2 fully saturated rings. The first kappa shape index (κ1) is 18.7. The van der Waals surface area contributed by atoms with E-state index >= 15 is 0 Å². The minimum Gasteiger partial charge on any atom is -0.492 e. The van der Waals surface area contributed by atoms with Gasteiger partial charge < -0.3 is 10.1 Å². The van der Waals surface area contributed by atoms with Crippen LogP contribution in [0, 0.1) is 11.8 Å². The number of imide groups is 1. The number of hydrogen-bond acceptors (Lipinski definition) is 4. The van der Waals surface area contributed by atoms with Crippen LogP contribution in [0.4, 0.5) is 0 Å². The number of carbonyl (C=O) groups is 3. The second-order valence-corrected chi connectivity index (χ2v) is 7.16. The summed E-state index contributed by atoms with van der Waals surface area (Å²) >= 11 is 5.80. The van der Waals surface area contributed by atoms with Crippen molar-refractivity contribution < 1.29 is 19.1 Å². The molecule has 1 aromatic carbocycles. The molecule has 0 spiro atoms. The first-order chi connectivity index (χ1) is 12.6. The van der Waals surface area contributed by atoms with E-state index in [1.807, 2.05) is 0 Å². The minimum absolute atomic E-state index is 0.0985. The highest BCUT2D eigenvalue weighted by molar-refractivity contribution is 6.30. The SMILES string of the molecule is O=C(CCN1C(=O)[C@H]2CCCC[C@@H]2C1=O)NCCOc1ccc(Cl)cc1. The molecule has 1 heterocycles. The average Bonchev–Trinajstić information content (AvgIpc) is 2.89. The molecule has 0 radical (unpaired) electrons. The van der Waals surface area contributed by atoms with Crippen LogP contribution < -0.4 is 10.1 Å². The molecular formula is C19H23ClN2O4. The van der Waals surface area contributed by atoms with Gasteiger partial charge in [0, 0.05) is 18.0 Å². The summed E-state index contributed by atoms with van der Waals surface area (Å²) in [6.45, 7) is 0.849. The fraction of sp³-hybridized carbons (Fsp3) is 0.526. The molecule has 1 saturated heterocycles. The Kier molecular flexibility index (Phi) is 6.14. The molecule has 7 heteroatoms. The topological polar surface area (TPSA) is 75.7 Å². The van der Waals surface area contributed by atoms with Crippen LogP contribution in [0.1, 0.15) is 32.1 Å². The van der Waals surface area contributed by atoms with Gasteiger partial charge in [0.25, 0.3) is 0 Å². The number of benzene rings is 1. The predicted octanol–water partition coefficient (Wildman–Crippen LogP) is 2.40. The zero-order chi connectivity index (χ0) is 18.5. The number of amides is 3. The van der Waals surface area contributed by atoms with E-state index in [0.717, 1.165) is 25.7 Å². The van der Waals surface area contributed by atoms with E-state index in [2.05, 4.69) is 5.32 Å². The van der Waals surface area contributed by atoms with Crippen LogP contribution in [0.15, 0.2) is 24.3 Å². The highest BCUT2D eigenvalue weighted by atomic mass is 35.5. The van der Waals surface area contributed by atoms with Gasteiger partial charge in [-0.2, -0.15) is 0 Å². The van der Waals surface area contributed by atoms with Gasteiger partial charge in [0.05, 0.1) is 18.4 Å². The van der Waals surface area contributed by atoms with Gasteiger partial charge in [0.15, 0.2) is 0 Å². The third kappa shape index (κ3) is 4.36. The fourth-order valence-electron chi connectivity index (χ4n) is 3.64. The van der Waals surface area contributed by atoms with Crippen LogP contribution in [-0.2, 0) is 14.4 Å². The third-order valence-corrected chi connectivity index (χ3v) is 5.25. The van der Waals surface area contributed by atoms with E-state index < -0.39 is 0 Å². The Morgan fingerprint density at radius 1 is 1.12 bits per heavy atom. The smallest absolute Gasteiger partial charge is 0.233 e. The number of likely N-dealkylation sites (tertiary alicyclic amines) is 1. The summed E-state index contributed by atoms with van der Waals surface area (Å²) in [6, 6.07) is 6.98. The number of rotatable bonds is 7. The molecule has 1 aliphatic carbocycles. The van der Waals surface area contributed by atoms with Crippen LogP contribution in [0.2, 0.25) is 5.02 Å². The maximum absolute atomic E-state index is 12.3. The molecule has 140 valence electrons. The molecule has 3 rings (SSSR count). The van der Waals surface area contributed by atoms with Gasteiger partial charge in [0.1, 0.15) is 12.4 Å². The molecule has 0 aromatic heterocycles. The molecule has 6 nitrogen and oxygen atoms in total. The normalized spacial score (nSPS) is 22.3. The molecule has 0 unspecified atom stereocenters. The van der Waals surface area contributed by atoms with E-state index in [4.69, 9.17) is 16.3 Å². The molecule has 3 amide bonds. The van der Waals surface area contributed by atoms with Gasteiger partial charge in [-0.15, -0.1) is 0 Å². The fourth-order valence-corrected chi connectivity index (χ4v) is 3.77. The Morgan fingerprint density at radius 3 is 2.35 bits per heavy atom. The van der Waals surface area contributed by atoms with Crippen LogP contribution in [0.3, 0.4) is 0 Å². The Labute approximate surface area is 157 Å². The lowest BCUT2D eigenvalue weighted by Crippen LogP contribution is -2.36. The maximum atomic E-state index is 12.3. The zero-order valence-corrected chi connectivity index (χ0v) is 15.3. The average molecular weight is 379 g/mol. The Balaban J connectivity index is 1.37. The third-order valence-electron chi connectivity index (χ3n) is 5.00. The highest BCUT2D eigenvalue weighted by Crippen LogP contribution is 2.37. The number of ether oxygens (including phenoxy) is 1. The lowest BCUT2D eigenvalue weighted by molar-refractivity contribution is -0.140. The quantitative estimate of drug-likeness (QED) is 0.584. The van der Waals surface area contributed by atoms with E-state index in [1.54, 1.807) is 24.3 Å². The van der Waals surface area contributed by atoms with Crippen LogP contribution in [0.5, 0.6) is 5.75 Å². The summed E-state index contributed by atoms with van der Waals surface area (Å²) < 4.78 is 5.50. The highest BCUT2D eigenvalue weighted by Gasteiger charge is 2.47. The molecule has 0 bridgehead atoms. The molecule has 1 N–H and O–H groups in total. The lowest BCUT2D eigenvalue weighted by Gasteiger charge is -2.19. The van der Waals surface area contributed by atoms with E-state index in [9.17, 15) is 14.4 Å². The van der Waals surface area contributed by atoms with Gasteiger partial charge in [-0.1, -0.05) is 24.4 Å². The largest absolute Gasteiger partial charge is 0.492 e. The van der Waals surface area contributed by atoms with Crippen molar-refractivity contribution >= 4 is 29.3 Å². The van der Waals surface area contributed by atoms with Gasteiger partial charge in [-0.3, -0.25) is 19.3 Å². The Hall–Kier alpha value is -2.08. The Morgan fingerprint density at radius 2 is 1.73 bits per heavy atom. The summed E-state index contributed by atoms with van der Waals surface area (Å²) in [4.78, 5) is 37.9. The lowest BCUT2D eigenvalue weighted by atomic mass is 9.81. The first-order valence-corrected chi connectivity index (χ1v) is 9.44.